The van der Waals surface area contributed by atoms with Crippen LogP contribution in [0.4, 0.5) is 23.8 Å². The summed E-state index contributed by atoms with van der Waals surface area (Å²) < 4.78 is 43.1. The van der Waals surface area contributed by atoms with Gasteiger partial charge in [-0.15, -0.1) is 0 Å². The molecule has 3 heterocycles. The quantitative estimate of drug-likeness (QED) is 0.467. The minimum atomic E-state index is -4.34. The molecule has 3 aromatic rings. The monoisotopic (exact) mass is 474 g/mol. The first-order chi connectivity index (χ1) is 16.0. The molecule has 0 bridgehead atoms. The number of nitrogens with zero attached hydrogens (tertiary/aromatic N) is 3. The van der Waals surface area contributed by atoms with Crippen molar-refractivity contribution in [3.63, 3.8) is 0 Å². The van der Waals surface area contributed by atoms with Crippen LogP contribution in [-0.4, -0.2) is 46.7 Å². The van der Waals surface area contributed by atoms with E-state index in [2.05, 4.69) is 15.3 Å². The topological polar surface area (TPSA) is 67.3 Å². The Morgan fingerprint density at radius 1 is 1.03 bits per heavy atom. The second kappa shape index (κ2) is 10.3. The molecule has 0 unspecified atom stereocenters. The van der Waals surface area contributed by atoms with Gasteiger partial charge in [0.15, 0.2) is 0 Å². The fourth-order valence-electron chi connectivity index (χ4n) is 3.55. The Labute approximate surface area is 197 Å². The van der Waals surface area contributed by atoms with Crippen molar-refractivity contribution in [1.82, 2.24) is 14.9 Å². The molecule has 1 amide bonds. The zero-order valence-electron chi connectivity index (χ0n) is 19.7. The van der Waals surface area contributed by atoms with Crippen molar-refractivity contribution in [2.45, 2.75) is 45.4 Å². The summed E-state index contributed by atoms with van der Waals surface area (Å²) in [5.41, 5.74) is 1.00. The lowest BCUT2D eigenvalue weighted by molar-refractivity contribution is -0.137. The van der Waals surface area contributed by atoms with E-state index in [9.17, 15) is 18.0 Å². The number of rotatable bonds is 2. The molecular weight excluding hydrogens is 445 g/mol. The Kier molecular flexibility index (Phi) is 7.64. The fourth-order valence-corrected chi connectivity index (χ4v) is 3.55. The number of carbonyl (C=O) groups is 1. The second-order valence-electron chi connectivity index (χ2n) is 8.92. The summed E-state index contributed by atoms with van der Waals surface area (Å²) in [6.07, 6.45) is 0.977. The third kappa shape index (κ3) is 6.36. The average Bonchev–Trinajstić information content (AvgIpc) is 3.32. The molecule has 0 radical (unpaired) electrons. The minimum absolute atomic E-state index is 0.167. The lowest BCUT2D eigenvalue weighted by Gasteiger charge is -2.23. The molecule has 182 valence electrons. The third-order valence-corrected chi connectivity index (χ3v) is 5.16. The highest BCUT2D eigenvalue weighted by molar-refractivity contribution is 5.98. The van der Waals surface area contributed by atoms with Crippen LogP contribution in [0.15, 0.2) is 48.8 Å². The van der Waals surface area contributed by atoms with Crippen molar-refractivity contribution < 1.29 is 22.7 Å². The van der Waals surface area contributed by atoms with E-state index in [1.165, 1.54) is 12.1 Å². The molecule has 1 aliphatic rings. The van der Waals surface area contributed by atoms with Crippen LogP contribution in [0.5, 0.6) is 0 Å². The summed E-state index contributed by atoms with van der Waals surface area (Å²) >= 11 is 0. The molecular formula is C25H29F3N4O2. The van der Waals surface area contributed by atoms with Gasteiger partial charge in [-0.25, -0.2) is 9.78 Å². The lowest BCUT2D eigenvalue weighted by atomic mass is 10.0. The van der Waals surface area contributed by atoms with E-state index in [0.29, 0.717) is 22.5 Å². The van der Waals surface area contributed by atoms with Crippen LogP contribution in [0.2, 0.25) is 0 Å². The van der Waals surface area contributed by atoms with Gasteiger partial charge in [0.05, 0.1) is 11.1 Å². The van der Waals surface area contributed by atoms with Gasteiger partial charge in [-0.1, -0.05) is 12.1 Å². The maximum atomic E-state index is 12.6. The largest absolute Gasteiger partial charge is 0.444 e. The van der Waals surface area contributed by atoms with Crippen LogP contribution in [0, 0.1) is 0 Å². The molecule has 0 aliphatic carbocycles. The molecule has 1 N–H and O–H groups in total. The summed E-state index contributed by atoms with van der Waals surface area (Å²) in [5.74, 6) is 0.679. The summed E-state index contributed by atoms with van der Waals surface area (Å²) in [5, 5.41) is 3.80. The number of fused-ring (bicyclic) bond motifs is 1. The Bertz CT molecular complexity index is 1120. The van der Waals surface area contributed by atoms with Crippen molar-refractivity contribution >= 4 is 22.8 Å². The van der Waals surface area contributed by atoms with Crippen LogP contribution in [0.3, 0.4) is 0 Å². The number of hydrogen-bond acceptors (Lipinski definition) is 5. The van der Waals surface area contributed by atoms with Gasteiger partial charge in [0.1, 0.15) is 11.4 Å². The Balaban J connectivity index is 0.000000229. The highest BCUT2D eigenvalue weighted by atomic mass is 19.4. The number of benzene rings is 1. The van der Waals surface area contributed by atoms with Crippen molar-refractivity contribution in [3.05, 3.63) is 54.4 Å². The number of nitrogens with one attached hydrogen (secondary N) is 1. The fraction of sp³-hybridized carbons (Fsp3) is 0.400. The average molecular weight is 475 g/mol. The molecule has 1 aromatic carbocycles. The molecule has 0 saturated carbocycles. The highest BCUT2D eigenvalue weighted by Crippen LogP contribution is 2.33. The number of amides is 1. The summed E-state index contributed by atoms with van der Waals surface area (Å²) in [4.78, 5) is 21.8. The standard InChI is InChI=1S/C16H12F3N3.C9H17NO2/c1-20-15-12-3-2-8-21-14(12)13(9-22-15)10-4-6-11(7-5-10)16(17,18)19;1-9(2,3)12-8(11)10-6-4-5-7-10/h2-9H,1H3,(H,20,22);4-7H2,1-3H3. The molecule has 6 nitrogen and oxygen atoms in total. The molecule has 4 rings (SSSR count). The van der Waals surface area contributed by atoms with Crippen LogP contribution >= 0.6 is 0 Å². The molecule has 0 spiro atoms. The number of halogens is 3. The number of ether oxygens (including phenoxy) is 1. The molecule has 9 heteroatoms. The summed E-state index contributed by atoms with van der Waals surface area (Å²) in [6, 6.07) is 8.67. The van der Waals surface area contributed by atoms with E-state index >= 15 is 0 Å². The molecule has 1 aliphatic heterocycles. The normalized spacial score (nSPS) is 13.9. The SMILES string of the molecule is CC(C)(C)OC(=O)N1CCCC1.CNc1ncc(-c2ccc(C(F)(F)F)cc2)c2ncccc12. The van der Waals surface area contributed by atoms with Crippen molar-refractivity contribution in [3.8, 4) is 11.1 Å². The molecule has 2 aromatic heterocycles. The number of alkyl halides is 3. The van der Waals surface area contributed by atoms with E-state index in [-0.39, 0.29) is 11.7 Å². The van der Waals surface area contributed by atoms with Crippen molar-refractivity contribution in [1.29, 1.82) is 0 Å². The maximum absolute atomic E-state index is 12.6. The molecule has 1 saturated heterocycles. The second-order valence-corrected chi connectivity index (χ2v) is 8.92. The van der Waals surface area contributed by atoms with Gasteiger partial charge in [0.25, 0.3) is 0 Å². The first-order valence-electron chi connectivity index (χ1n) is 11.1. The van der Waals surface area contributed by atoms with Gasteiger partial charge in [-0.05, 0) is 63.4 Å². The lowest BCUT2D eigenvalue weighted by Crippen LogP contribution is -2.34. The zero-order chi connectivity index (χ0) is 24.9. The zero-order valence-corrected chi connectivity index (χ0v) is 19.7. The van der Waals surface area contributed by atoms with E-state index in [4.69, 9.17) is 4.74 Å². The number of hydrogen-bond donors (Lipinski definition) is 1. The number of pyridine rings is 2. The van der Waals surface area contributed by atoms with E-state index in [1.807, 2.05) is 26.8 Å². The van der Waals surface area contributed by atoms with Gasteiger partial charge in [0.2, 0.25) is 0 Å². The Morgan fingerprint density at radius 3 is 2.24 bits per heavy atom. The Morgan fingerprint density at radius 2 is 1.68 bits per heavy atom. The maximum Gasteiger partial charge on any atom is 0.416 e. The first kappa shape index (κ1) is 25.3. The number of carbonyl (C=O) groups excluding carboxylic acids is 1. The molecule has 34 heavy (non-hydrogen) atoms. The smallest absolute Gasteiger partial charge is 0.416 e. The van der Waals surface area contributed by atoms with Crippen LogP contribution in [0.1, 0.15) is 39.2 Å². The van der Waals surface area contributed by atoms with Crippen LogP contribution in [0.25, 0.3) is 22.0 Å². The minimum Gasteiger partial charge on any atom is -0.444 e. The van der Waals surface area contributed by atoms with E-state index < -0.39 is 11.7 Å². The van der Waals surface area contributed by atoms with Gasteiger partial charge >= 0.3 is 12.3 Å². The number of anilines is 1. The van der Waals surface area contributed by atoms with Crippen LogP contribution in [-0.2, 0) is 10.9 Å². The van der Waals surface area contributed by atoms with Gasteiger partial charge in [0, 0.05) is 43.5 Å². The van der Waals surface area contributed by atoms with Crippen LogP contribution < -0.4 is 5.32 Å². The number of aromatic nitrogens is 2. The Hall–Kier alpha value is -3.36. The highest BCUT2D eigenvalue weighted by Gasteiger charge is 2.30. The predicted molar refractivity (Wildman–Crippen MR) is 127 cm³/mol. The van der Waals surface area contributed by atoms with Gasteiger partial charge in [-0.2, -0.15) is 13.2 Å². The molecule has 0 atom stereocenters. The number of likely N-dealkylation sites (tertiary alicyclic amines) is 1. The van der Waals surface area contributed by atoms with Crippen molar-refractivity contribution in [2.24, 2.45) is 0 Å². The van der Waals surface area contributed by atoms with Gasteiger partial charge < -0.3 is 15.0 Å². The molecule has 1 fully saturated rings. The third-order valence-electron chi connectivity index (χ3n) is 5.16. The first-order valence-corrected chi connectivity index (χ1v) is 11.1. The summed E-state index contributed by atoms with van der Waals surface area (Å²) in [7, 11) is 1.76. The van der Waals surface area contributed by atoms with E-state index in [0.717, 1.165) is 43.5 Å². The van der Waals surface area contributed by atoms with Gasteiger partial charge in [-0.3, -0.25) is 4.98 Å². The van der Waals surface area contributed by atoms with E-state index in [1.54, 1.807) is 30.4 Å². The van der Waals surface area contributed by atoms with Crippen molar-refractivity contribution in [2.75, 3.05) is 25.5 Å². The predicted octanol–water partition coefficient (Wildman–Crippen LogP) is 6.37. The summed E-state index contributed by atoms with van der Waals surface area (Å²) in [6.45, 7) is 7.38.